The maximum atomic E-state index is 12.4. The molecule has 0 aliphatic rings. The summed E-state index contributed by atoms with van der Waals surface area (Å²) >= 11 is 13.2. The van der Waals surface area contributed by atoms with Crippen molar-refractivity contribution in [2.45, 2.75) is 18.5 Å². The van der Waals surface area contributed by atoms with E-state index < -0.39 is 4.92 Å². The van der Waals surface area contributed by atoms with Crippen LogP contribution in [-0.4, -0.2) is 37.3 Å². The standard InChI is InChI=1S/C20H18Cl2N6O4S/c1-11-6-7-12(8-15(11)28(31)32)23-18(30)10-33-20-26-25-16(27(20)2)9-17(29)24-14-5-3-4-13(21)19(14)22/h3-8H,9-10H2,1-2H3,(H,23,30)(H,24,29). The lowest BCUT2D eigenvalue weighted by Gasteiger charge is -2.08. The Morgan fingerprint density at radius 2 is 1.91 bits per heavy atom. The lowest BCUT2D eigenvalue weighted by atomic mass is 10.2. The van der Waals surface area contributed by atoms with Crippen molar-refractivity contribution < 1.29 is 14.5 Å². The fraction of sp³-hybridized carbons (Fsp3) is 0.200. The summed E-state index contributed by atoms with van der Waals surface area (Å²) in [4.78, 5) is 35.2. The highest BCUT2D eigenvalue weighted by atomic mass is 35.5. The number of benzene rings is 2. The average molecular weight is 509 g/mol. The SMILES string of the molecule is Cc1ccc(NC(=O)CSc2nnc(CC(=O)Nc3cccc(Cl)c3Cl)n2C)cc1[N+](=O)[O-]. The summed E-state index contributed by atoms with van der Waals surface area (Å²) in [6, 6.07) is 9.38. The van der Waals surface area contributed by atoms with Crippen molar-refractivity contribution in [2.75, 3.05) is 16.4 Å². The zero-order chi connectivity index (χ0) is 24.1. The first kappa shape index (κ1) is 24.5. The highest BCUT2D eigenvalue weighted by Gasteiger charge is 2.17. The van der Waals surface area contributed by atoms with Crippen LogP contribution in [0.4, 0.5) is 17.1 Å². The summed E-state index contributed by atoms with van der Waals surface area (Å²) in [6.07, 6.45) is -0.0634. The monoisotopic (exact) mass is 508 g/mol. The molecule has 1 heterocycles. The molecule has 0 aliphatic heterocycles. The smallest absolute Gasteiger partial charge is 0.274 e. The van der Waals surface area contributed by atoms with E-state index in [9.17, 15) is 19.7 Å². The summed E-state index contributed by atoms with van der Waals surface area (Å²) in [7, 11) is 1.68. The molecule has 3 rings (SSSR count). The summed E-state index contributed by atoms with van der Waals surface area (Å²) in [5, 5.41) is 25.4. The molecule has 0 bridgehead atoms. The number of nitro groups is 1. The van der Waals surface area contributed by atoms with Crippen LogP contribution in [0.3, 0.4) is 0 Å². The zero-order valence-corrected chi connectivity index (χ0v) is 19.8. The number of amides is 2. The Morgan fingerprint density at radius 1 is 1.15 bits per heavy atom. The van der Waals surface area contributed by atoms with Crippen molar-refractivity contribution in [3.63, 3.8) is 0 Å². The Labute approximate surface area is 202 Å². The number of rotatable bonds is 8. The van der Waals surface area contributed by atoms with Gasteiger partial charge in [0.05, 0.1) is 32.8 Å². The topological polar surface area (TPSA) is 132 Å². The molecule has 0 radical (unpaired) electrons. The maximum absolute atomic E-state index is 12.4. The Kier molecular flexibility index (Phi) is 7.90. The third-order valence-corrected chi connectivity index (χ3v) is 6.33. The van der Waals surface area contributed by atoms with Crippen LogP contribution in [0.1, 0.15) is 11.4 Å². The number of halogens is 2. The minimum absolute atomic E-state index is 0.00202. The number of nitrogens with zero attached hydrogens (tertiary/aromatic N) is 4. The summed E-state index contributed by atoms with van der Waals surface area (Å²) in [5.41, 5.74) is 1.14. The quantitative estimate of drug-likeness (QED) is 0.264. The van der Waals surface area contributed by atoms with Crippen molar-refractivity contribution in [3.05, 3.63) is 67.9 Å². The molecule has 0 saturated heterocycles. The van der Waals surface area contributed by atoms with Gasteiger partial charge in [0.1, 0.15) is 5.82 Å². The predicted octanol–water partition coefficient (Wildman–Crippen LogP) is 4.25. The molecule has 0 saturated carbocycles. The van der Waals surface area contributed by atoms with Crippen LogP contribution in [0, 0.1) is 17.0 Å². The number of carbonyl (C=O) groups excluding carboxylic acids is 2. The van der Waals surface area contributed by atoms with Gasteiger partial charge >= 0.3 is 0 Å². The average Bonchev–Trinajstić information content (AvgIpc) is 3.10. The lowest BCUT2D eigenvalue weighted by molar-refractivity contribution is -0.385. The number of aromatic nitrogens is 3. The second-order valence-corrected chi connectivity index (χ2v) is 8.61. The molecule has 2 N–H and O–H groups in total. The predicted molar refractivity (Wildman–Crippen MR) is 127 cm³/mol. The van der Waals surface area contributed by atoms with E-state index in [0.29, 0.717) is 32.9 Å². The highest BCUT2D eigenvalue weighted by molar-refractivity contribution is 7.99. The molecule has 2 aromatic carbocycles. The third-order valence-electron chi connectivity index (χ3n) is 4.49. The first-order valence-electron chi connectivity index (χ1n) is 9.45. The van der Waals surface area contributed by atoms with E-state index in [1.54, 1.807) is 48.9 Å². The normalized spacial score (nSPS) is 10.7. The van der Waals surface area contributed by atoms with Crippen LogP contribution in [0.15, 0.2) is 41.6 Å². The second kappa shape index (κ2) is 10.6. The fourth-order valence-electron chi connectivity index (χ4n) is 2.77. The summed E-state index contributed by atoms with van der Waals surface area (Å²) < 4.78 is 1.60. The van der Waals surface area contributed by atoms with E-state index in [2.05, 4.69) is 20.8 Å². The van der Waals surface area contributed by atoms with Crippen molar-refractivity contribution >= 4 is 63.8 Å². The fourth-order valence-corrected chi connectivity index (χ4v) is 3.85. The van der Waals surface area contributed by atoms with E-state index in [-0.39, 0.29) is 34.7 Å². The number of hydrogen-bond acceptors (Lipinski definition) is 7. The largest absolute Gasteiger partial charge is 0.325 e. The number of aryl methyl sites for hydroxylation is 1. The molecule has 0 spiro atoms. The second-order valence-electron chi connectivity index (χ2n) is 6.88. The molecule has 3 aromatic rings. The summed E-state index contributed by atoms with van der Waals surface area (Å²) in [5.74, 6) is -0.332. The van der Waals surface area contributed by atoms with Gasteiger partial charge in [-0.3, -0.25) is 19.7 Å². The van der Waals surface area contributed by atoms with Gasteiger partial charge in [-0.25, -0.2) is 0 Å². The van der Waals surface area contributed by atoms with Crippen LogP contribution >= 0.6 is 35.0 Å². The van der Waals surface area contributed by atoms with Gasteiger partial charge in [0.25, 0.3) is 5.69 Å². The molecular formula is C20H18Cl2N6O4S. The molecule has 13 heteroatoms. The van der Waals surface area contributed by atoms with Crippen LogP contribution in [-0.2, 0) is 23.1 Å². The van der Waals surface area contributed by atoms with Gasteiger partial charge in [-0.05, 0) is 25.1 Å². The van der Waals surface area contributed by atoms with E-state index in [4.69, 9.17) is 23.2 Å². The zero-order valence-electron chi connectivity index (χ0n) is 17.5. The number of hydrogen-bond donors (Lipinski definition) is 2. The first-order chi connectivity index (χ1) is 15.7. The van der Waals surface area contributed by atoms with Gasteiger partial charge in [-0.15, -0.1) is 10.2 Å². The van der Waals surface area contributed by atoms with E-state index in [0.717, 1.165) is 11.8 Å². The molecule has 172 valence electrons. The maximum Gasteiger partial charge on any atom is 0.274 e. The van der Waals surface area contributed by atoms with E-state index >= 15 is 0 Å². The van der Waals surface area contributed by atoms with Crippen LogP contribution in [0.5, 0.6) is 0 Å². The van der Waals surface area contributed by atoms with Crippen molar-refractivity contribution in [1.29, 1.82) is 0 Å². The van der Waals surface area contributed by atoms with Gasteiger partial charge in [0.2, 0.25) is 11.8 Å². The molecule has 10 nitrogen and oxygen atoms in total. The molecule has 1 aromatic heterocycles. The molecule has 0 aliphatic carbocycles. The molecule has 0 fully saturated rings. The molecular weight excluding hydrogens is 491 g/mol. The molecule has 2 amide bonds. The van der Waals surface area contributed by atoms with Crippen molar-refractivity contribution in [1.82, 2.24) is 14.8 Å². The number of thioether (sulfide) groups is 1. The summed E-state index contributed by atoms with van der Waals surface area (Å²) in [6.45, 7) is 1.62. The van der Waals surface area contributed by atoms with Crippen LogP contribution < -0.4 is 10.6 Å². The Morgan fingerprint density at radius 3 is 2.64 bits per heavy atom. The number of nitrogens with one attached hydrogen (secondary N) is 2. The molecule has 0 atom stereocenters. The Balaban J connectivity index is 1.57. The lowest BCUT2D eigenvalue weighted by Crippen LogP contribution is -2.17. The van der Waals surface area contributed by atoms with Crippen molar-refractivity contribution in [2.24, 2.45) is 7.05 Å². The van der Waals surface area contributed by atoms with E-state index in [1.807, 2.05) is 0 Å². The number of anilines is 2. The minimum Gasteiger partial charge on any atom is -0.325 e. The third kappa shape index (κ3) is 6.21. The van der Waals surface area contributed by atoms with Gasteiger partial charge in [-0.2, -0.15) is 0 Å². The van der Waals surface area contributed by atoms with Crippen molar-refractivity contribution in [3.8, 4) is 0 Å². The molecule has 33 heavy (non-hydrogen) atoms. The molecule has 0 unspecified atom stereocenters. The van der Waals surface area contributed by atoms with Crippen LogP contribution in [0.25, 0.3) is 0 Å². The van der Waals surface area contributed by atoms with Gasteiger partial charge in [-0.1, -0.05) is 47.1 Å². The minimum atomic E-state index is -0.503. The Hall–Kier alpha value is -3.15. The van der Waals surface area contributed by atoms with Gasteiger partial charge < -0.3 is 15.2 Å². The van der Waals surface area contributed by atoms with Gasteiger partial charge in [0, 0.05) is 24.4 Å². The van der Waals surface area contributed by atoms with E-state index in [1.165, 1.54) is 6.07 Å². The Bertz CT molecular complexity index is 1230. The highest BCUT2D eigenvalue weighted by Crippen LogP contribution is 2.29. The van der Waals surface area contributed by atoms with Crippen LogP contribution in [0.2, 0.25) is 10.0 Å². The van der Waals surface area contributed by atoms with Gasteiger partial charge in [0.15, 0.2) is 5.16 Å². The first-order valence-corrected chi connectivity index (χ1v) is 11.2. The number of carbonyl (C=O) groups is 2. The number of nitro benzene ring substituents is 1.